The van der Waals surface area contributed by atoms with Crippen LogP contribution in [-0.4, -0.2) is 26.6 Å². The third-order valence-electron chi connectivity index (χ3n) is 4.95. The van der Waals surface area contributed by atoms with Crippen LogP contribution in [0.15, 0.2) is 54.6 Å². The van der Waals surface area contributed by atoms with E-state index in [4.69, 9.17) is 18.9 Å². The number of hydrogen-bond donors (Lipinski definition) is 0. The van der Waals surface area contributed by atoms with Crippen LogP contribution in [-0.2, 0) is 26.4 Å². The number of rotatable bonds is 9. The van der Waals surface area contributed by atoms with Crippen LogP contribution in [0.2, 0.25) is 0 Å². The van der Waals surface area contributed by atoms with Crippen molar-refractivity contribution in [2.24, 2.45) is 0 Å². The zero-order chi connectivity index (χ0) is 19.0. The van der Waals surface area contributed by atoms with E-state index < -0.39 is 5.60 Å². The van der Waals surface area contributed by atoms with Crippen molar-refractivity contribution in [3.8, 4) is 5.75 Å². The molecule has 4 nitrogen and oxygen atoms in total. The molecule has 1 heterocycles. The van der Waals surface area contributed by atoms with E-state index >= 15 is 0 Å². The molecule has 0 amide bonds. The summed E-state index contributed by atoms with van der Waals surface area (Å²) in [5, 5.41) is 0. The number of ether oxygens (including phenoxy) is 4. The van der Waals surface area contributed by atoms with Crippen LogP contribution >= 0.6 is 0 Å². The van der Waals surface area contributed by atoms with Gasteiger partial charge in [-0.3, -0.25) is 0 Å². The predicted molar refractivity (Wildman–Crippen MR) is 105 cm³/mol. The minimum atomic E-state index is -0.680. The van der Waals surface area contributed by atoms with E-state index in [1.165, 1.54) is 0 Å². The topological polar surface area (TPSA) is 36.9 Å². The van der Waals surface area contributed by atoms with Crippen LogP contribution in [0.3, 0.4) is 0 Å². The Kier molecular flexibility index (Phi) is 7.27. The normalized spacial score (nSPS) is 19.4. The Morgan fingerprint density at radius 3 is 2.70 bits per heavy atom. The fourth-order valence-electron chi connectivity index (χ4n) is 3.17. The summed E-state index contributed by atoms with van der Waals surface area (Å²) in [6.07, 6.45) is 3.78. The maximum Gasteiger partial charge on any atom is 0.157 e. The first-order chi connectivity index (χ1) is 13.2. The van der Waals surface area contributed by atoms with Crippen molar-refractivity contribution in [3.05, 3.63) is 72.6 Å². The molecule has 0 spiro atoms. The fraction of sp³-hybridized carbons (Fsp3) is 0.435. The SMILES string of the molecule is [CH2]C(CCOC1CCCCO1)(OC)c1cccc(OCc2ccccc2)c1. The molecule has 2 unspecified atom stereocenters. The Morgan fingerprint density at radius 2 is 1.96 bits per heavy atom. The fourth-order valence-corrected chi connectivity index (χ4v) is 3.17. The summed E-state index contributed by atoms with van der Waals surface area (Å²) in [7, 11) is 1.68. The second-order valence-electron chi connectivity index (χ2n) is 6.92. The molecular formula is C23H29O4. The van der Waals surface area contributed by atoms with Crippen LogP contribution in [0, 0.1) is 6.92 Å². The molecule has 1 fully saturated rings. The zero-order valence-electron chi connectivity index (χ0n) is 16.1. The van der Waals surface area contributed by atoms with Crippen molar-refractivity contribution in [2.45, 2.75) is 44.2 Å². The lowest BCUT2D eigenvalue weighted by Crippen LogP contribution is -2.29. The van der Waals surface area contributed by atoms with E-state index in [0.29, 0.717) is 19.6 Å². The lowest BCUT2D eigenvalue weighted by molar-refractivity contribution is -0.169. The molecule has 1 radical (unpaired) electrons. The molecule has 2 aromatic rings. The number of benzene rings is 2. The number of methoxy groups -OCH3 is 1. The Balaban J connectivity index is 1.58. The monoisotopic (exact) mass is 369 g/mol. The molecule has 27 heavy (non-hydrogen) atoms. The third-order valence-corrected chi connectivity index (χ3v) is 4.95. The van der Waals surface area contributed by atoms with E-state index in [1.54, 1.807) is 7.11 Å². The van der Waals surface area contributed by atoms with Gasteiger partial charge in [0.05, 0.1) is 12.2 Å². The largest absolute Gasteiger partial charge is 0.489 e. The second-order valence-corrected chi connectivity index (χ2v) is 6.92. The minimum absolute atomic E-state index is 0.0969. The van der Waals surface area contributed by atoms with E-state index in [0.717, 1.165) is 42.7 Å². The molecule has 0 saturated carbocycles. The standard InChI is InChI=1S/C23H29O4/c1-23(24-2,14-16-26-22-13-6-7-15-25-22)20-11-8-12-21(17-20)27-18-19-9-4-3-5-10-19/h3-5,8-12,17,22H,1,6-7,13-16,18H2,2H3. The molecule has 3 rings (SSSR count). The molecule has 0 bridgehead atoms. The molecule has 2 atom stereocenters. The molecule has 1 saturated heterocycles. The van der Waals surface area contributed by atoms with Gasteiger partial charge in [-0.2, -0.15) is 0 Å². The van der Waals surface area contributed by atoms with E-state index in [1.807, 2.05) is 42.5 Å². The molecule has 0 N–H and O–H groups in total. The maximum atomic E-state index is 5.94. The maximum absolute atomic E-state index is 5.94. The van der Waals surface area contributed by atoms with E-state index in [2.05, 4.69) is 19.1 Å². The molecule has 1 aliphatic rings. The van der Waals surface area contributed by atoms with Crippen molar-refractivity contribution in [1.82, 2.24) is 0 Å². The Hall–Kier alpha value is -1.88. The van der Waals surface area contributed by atoms with Gasteiger partial charge in [0.1, 0.15) is 12.4 Å². The average Bonchev–Trinajstić information content (AvgIpc) is 2.74. The lowest BCUT2D eigenvalue weighted by Gasteiger charge is -2.30. The summed E-state index contributed by atoms with van der Waals surface area (Å²) in [4.78, 5) is 0. The summed E-state index contributed by atoms with van der Waals surface area (Å²) in [6.45, 7) is 6.15. The first-order valence-corrected chi connectivity index (χ1v) is 9.60. The molecule has 0 aromatic heterocycles. The lowest BCUT2D eigenvalue weighted by atomic mass is 9.92. The van der Waals surface area contributed by atoms with Crippen LogP contribution in [0.4, 0.5) is 0 Å². The molecule has 1 aliphatic heterocycles. The van der Waals surface area contributed by atoms with E-state index in [9.17, 15) is 0 Å². The Labute approximate surface area is 162 Å². The molecular weight excluding hydrogens is 340 g/mol. The zero-order valence-corrected chi connectivity index (χ0v) is 16.1. The van der Waals surface area contributed by atoms with Crippen molar-refractivity contribution >= 4 is 0 Å². The van der Waals surface area contributed by atoms with Gasteiger partial charge in [-0.1, -0.05) is 42.5 Å². The smallest absolute Gasteiger partial charge is 0.157 e. The van der Waals surface area contributed by atoms with Gasteiger partial charge < -0.3 is 18.9 Å². The van der Waals surface area contributed by atoms with Gasteiger partial charge in [-0.25, -0.2) is 0 Å². The summed E-state index contributed by atoms with van der Waals surface area (Å²) in [6, 6.07) is 18.1. The van der Waals surface area contributed by atoms with Gasteiger partial charge in [0, 0.05) is 20.1 Å². The average molecular weight is 369 g/mol. The van der Waals surface area contributed by atoms with Crippen LogP contribution in [0.25, 0.3) is 0 Å². The highest BCUT2D eigenvalue weighted by atomic mass is 16.7. The first-order valence-electron chi connectivity index (χ1n) is 9.60. The van der Waals surface area contributed by atoms with Gasteiger partial charge in [0.25, 0.3) is 0 Å². The van der Waals surface area contributed by atoms with Crippen molar-refractivity contribution in [1.29, 1.82) is 0 Å². The number of hydrogen-bond acceptors (Lipinski definition) is 4. The minimum Gasteiger partial charge on any atom is -0.489 e. The second kappa shape index (κ2) is 9.88. The van der Waals surface area contributed by atoms with Crippen LogP contribution < -0.4 is 4.74 Å². The van der Waals surface area contributed by atoms with Crippen molar-refractivity contribution in [3.63, 3.8) is 0 Å². The highest BCUT2D eigenvalue weighted by molar-refractivity contribution is 5.33. The van der Waals surface area contributed by atoms with Gasteiger partial charge in [-0.15, -0.1) is 0 Å². The molecule has 4 heteroatoms. The quantitative estimate of drug-likeness (QED) is 0.632. The van der Waals surface area contributed by atoms with Gasteiger partial charge in [-0.05, 0) is 49.4 Å². The van der Waals surface area contributed by atoms with Crippen LogP contribution in [0.5, 0.6) is 5.75 Å². The van der Waals surface area contributed by atoms with Crippen molar-refractivity contribution < 1.29 is 18.9 Å². The van der Waals surface area contributed by atoms with Gasteiger partial charge >= 0.3 is 0 Å². The summed E-state index contributed by atoms with van der Waals surface area (Å²) < 4.78 is 23.2. The van der Waals surface area contributed by atoms with E-state index in [-0.39, 0.29) is 6.29 Å². The highest BCUT2D eigenvalue weighted by Gasteiger charge is 2.27. The first kappa shape index (κ1) is 19.9. The van der Waals surface area contributed by atoms with Crippen molar-refractivity contribution in [2.75, 3.05) is 20.3 Å². The van der Waals surface area contributed by atoms with Gasteiger partial charge in [0.2, 0.25) is 0 Å². The summed E-state index contributed by atoms with van der Waals surface area (Å²) in [5.74, 6) is 0.804. The third kappa shape index (κ3) is 5.80. The van der Waals surface area contributed by atoms with Crippen LogP contribution in [0.1, 0.15) is 36.8 Å². The highest BCUT2D eigenvalue weighted by Crippen LogP contribution is 2.31. The molecule has 0 aliphatic carbocycles. The summed E-state index contributed by atoms with van der Waals surface area (Å²) >= 11 is 0. The Morgan fingerprint density at radius 1 is 1.11 bits per heavy atom. The molecule has 145 valence electrons. The molecule has 2 aromatic carbocycles. The van der Waals surface area contributed by atoms with Gasteiger partial charge in [0.15, 0.2) is 6.29 Å². The summed E-state index contributed by atoms with van der Waals surface area (Å²) in [5.41, 5.74) is 1.43. The Bertz CT molecular complexity index is 682. The predicted octanol–water partition coefficient (Wildman–Crippen LogP) is 4.87.